The molecule has 1 N–H and O–H groups in total. The van der Waals surface area contributed by atoms with Gasteiger partial charge in [-0.3, -0.25) is 4.79 Å². The van der Waals surface area contributed by atoms with Gasteiger partial charge in [0.15, 0.2) is 12.3 Å². The van der Waals surface area contributed by atoms with Gasteiger partial charge in [0, 0.05) is 5.56 Å². The minimum absolute atomic E-state index is 0.122. The highest BCUT2D eigenvalue weighted by molar-refractivity contribution is 5.94. The molecule has 1 amide bonds. The average molecular weight is 323 g/mol. The molecule has 6 heteroatoms. The quantitative estimate of drug-likeness (QED) is 0.779. The lowest BCUT2D eigenvalue weighted by molar-refractivity contribution is -0.118. The number of hydrogen-bond acceptors (Lipinski definition) is 5. The van der Waals surface area contributed by atoms with E-state index in [2.05, 4.69) is 15.6 Å². The van der Waals surface area contributed by atoms with Gasteiger partial charge in [0.05, 0.1) is 0 Å². The first-order valence-corrected chi connectivity index (χ1v) is 7.51. The third-order valence-electron chi connectivity index (χ3n) is 3.51. The standard InChI is InChI=1S/C18H17N3O3/c1-12-8-9-13(2)15(10-12)17-18(21-24-20-17)19-16(22)11-23-14-6-4-3-5-7-14/h3-10H,11H2,1-2H3,(H,19,21,22). The topological polar surface area (TPSA) is 77.3 Å². The lowest BCUT2D eigenvalue weighted by atomic mass is 10.0. The molecule has 3 rings (SSSR count). The second-order valence-corrected chi connectivity index (χ2v) is 5.43. The molecule has 1 heterocycles. The minimum Gasteiger partial charge on any atom is -0.484 e. The van der Waals surface area contributed by atoms with Crippen LogP contribution >= 0.6 is 0 Å². The Labute approximate surface area is 139 Å². The number of nitrogens with zero attached hydrogens (tertiary/aromatic N) is 2. The molecule has 0 radical (unpaired) electrons. The number of para-hydroxylation sites is 1. The lowest BCUT2D eigenvalue weighted by Crippen LogP contribution is -2.20. The third kappa shape index (κ3) is 3.60. The summed E-state index contributed by atoms with van der Waals surface area (Å²) < 4.78 is 10.2. The van der Waals surface area contributed by atoms with E-state index in [0.29, 0.717) is 11.4 Å². The first kappa shape index (κ1) is 15.7. The molecule has 0 saturated heterocycles. The van der Waals surface area contributed by atoms with Crippen molar-refractivity contribution in [1.82, 2.24) is 10.3 Å². The van der Waals surface area contributed by atoms with Gasteiger partial charge >= 0.3 is 0 Å². The van der Waals surface area contributed by atoms with Crippen molar-refractivity contribution in [3.05, 3.63) is 59.7 Å². The molecular formula is C18H17N3O3. The van der Waals surface area contributed by atoms with E-state index in [9.17, 15) is 4.79 Å². The van der Waals surface area contributed by atoms with Gasteiger partial charge in [0.1, 0.15) is 5.75 Å². The summed E-state index contributed by atoms with van der Waals surface area (Å²) in [4.78, 5) is 12.1. The van der Waals surface area contributed by atoms with Crippen LogP contribution < -0.4 is 10.1 Å². The van der Waals surface area contributed by atoms with Crippen molar-refractivity contribution < 1.29 is 14.2 Å². The summed E-state index contributed by atoms with van der Waals surface area (Å²) >= 11 is 0. The zero-order chi connectivity index (χ0) is 16.9. The molecule has 0 spiro atoms. The number of aryl methyl sites for hydroxylation is 2. The van der Waals surface area contributed by atoms with Crippen LogP contribution in [-0.2, 0) is 4.79 Å². The maximum Gasteiger partial charge on any atom is 0.263 e. The predicted molar refractivity (Wildman–Crippen MR) is 89.8 cm³/mol. The van der Waals surface area contributed by atoms with E-state index in [1.54, 1.807) is 12.1 Å². The zero-order valence-electron chi connectivity index (χ0n) is 13.4. The molecule has 0 bridgehead atoms. The molecule has 1 aromatic heterocycles. The van der Waals surface area contributed by atoms with Crippen LogP contribution in [0.25, 0.3) is 11.3 Å². The van der Waals surface area contributed by atoms with Crippen molar-refractivity contribution in [2.45, 2.75) is 13.8 Å². The first-order chi connectivity index (χ1) is 11.6. The van der Waals surface area contributed by atoms with Crippen molar-refractivity contribution in [3.63, 3.8) is 0 Å². The van der Waals surface area contributed by atoms with E-state index < -0.39 is 0 Å². The number of benzene rings is 2. The number of amides is 1. The summed E-state index contributed by atoms with van der Waals surface area (Å²) in [7, 11) is 0. The normalized spacial score (nSPS) is 10.4. The van der Waals surface area contributed by atoms with Gasteiger partial charge in [-0.05, 0) is 47.9 Å². The number of anilines is 1. The summed E-state index contributed by atoms with van der Waals surface area (Å²) in [6.07, 6.45) is 0. The van der Waals surface area contributed by atoms with E-state index >= 15 is 0 Å². The fourth-order valence-electron chi connectivity index (χ4n) is 2.27. The Morgan fingerprint density at radius 1 is 1.12 bits per heavy atom. The van der Waals surface area contributed by atoms with Crippen molar-refractivity contribution in [2.75, 3.05) is 11.9 Å². The molecule has 0 aliphatic carbocycles. The molecule has 0 unspecified atom stereocenters. The molecule has 3 aromatic rings. The van der Waals surface area contributed by atoms with Gasteiger partial charge in [-0.15, -0.1) is 0 Å². The highest BCUT2D eigenvalue weighted by Gasteiger charge is 2.17. The molecule has 0 atom stereocenters. The van der Waals surface area contributed by atoms with Crippen LogP contribution in [0.3, 0.4) is 0 Å². The van der Waals surface area contributed by atoms with Crippen LogP contribution in [-0.4, -0.2) is 22.8 Å². The number of ether oxygens (including phenoxy) is 1. The van der Waals surface area contributed by atoms with E-state index in [0.717, 1.165) is 16.7 Å². The van der Waals surface area contributed by atoms with E-state index in [1.165, 1.54) is 0 Å². The van der Waals surface area contributed by atoms with Crippen LogP contribution in [0.5, 0.6) is 5.75 Å². The van der Waals surface area contributed by atoms with E-state index in [4.69, 9.17) is 9.37 Å². The number of aromatic nitrogens is 2. The predicted octanol–water partition coefficient (Wildman–Crippen LogP) is 3.37. The molecule has 2 aromatic carbocycles. The van der Waals surface area contributed by atoms with Crippen LogP contribution in [0.1, 0.15) is 11.1 Å². The lowest BCUT2D eigenvalue weighted by Gasteiger charge is -2.07. The molecule has 0 saturated carbocycles. The number of carbonyl (C=O) groups excluding carboxylic acids is 1. The molecule has 0 fully saturated rings. The Kier molecular flexibility index (Phi) is 4.56. The molecule has 0 aliphatic heterocycles. The van der Waals surface area contributed by atoms with Crippen LogP contribution in [0.15, 0.2) is 53.2 Å². The number of nitrogens with one attached hydrogen (secondary N) is 1. The summed E-state index contributed by atoms with van der Waals surface area (Å²) in [5.41, 5.74) is 3.48. The van der Waals surface area contributed by atoms with Crippen molar-refractivity contribution in [2.24, 2.45) is 0 Å². The highest BCUT2D eigenvalue weighted by Crippen LogP contribution is 2.28. The second kappa shape index (κ2) is 6.95. The van der Waals surface area contributed by atoms with Crippen molar-refractivity contribution >= 4 is 11.7 Å². The van der Waals surface area contributed by atoms with E-state index in [-0.39, 0.29) is 18.3 Å². The van der Waals surface area contributed by atoms with Gasteiger partial charge < -0.3 is 10.1 Å². The largest absolute Gasteiger partial charge is 0.484 e. The molecule has 6 nitrogen and oxygen atoms in total. The van der Waals surface area contributed by atoms with Gasteiger partial charge in [-0.25, -0.2) is 4.63 Å². The summed E-state index contributed by atoms with van der Waals surface area (Å²) in [5, 5.41) is 10.4. The summed E-state index contributed by atoms with van der Waals surface area (Å²) in [5.74, 6) is 0.576. The number of carbonyl (C=O) groups is 1. The summed E-state index contributed by atoms with van der Waals surface area (Å²) in [6, 6.07) is 15.1. The van der Waals surface area contributed by atoms with Gasteiger partial charge in [0.25, 0.3) is 5.91 Å². The Balaban J connectivity index is 1.71. The first-order valence-electron chi connectivity index (χ1n) is 7.51. The van der Waals surface area contributed by atoms with Gasteiger partial charge in [0.2, 0.25) is 5.82 Å². The smallest absolute Gasteiger partial charge is 0.263 e. The molecule has 0 aliphatic rings. The van der Waals surface area contributed by atoms with Gasteiger partial charge in [-0.2, -0.15) is 0 Å². The Bertz CT molecular complexity index is 844. The number of rotatable bonds is 5. The summed E-state index contributed by atoms with van der Waals surface area (Å²) in [6.45, 7) is 3.83. The van der Waals surface area contributed by atoms with E-state index in [1.807, 2.05) is 50.2 Å². The maximum atomic E-state index is 12.1. The Morgan fingerprint density at radius 3 is 2.71 bits per heavy atom. The fourth-order valence-corrected chi connectivity index (χ4v) is 2.27. The highest BCUT2D eigenvalue weighted by atomic mass is 16.6. The van der Waals surface area contributed by atoms with Crippen LogP contribution in [0, 0.1) is 13.8 Å². The average Bonchev–Trinajstić information content (AvgIpc) is 3.04. The molecule has 24 heavy (non-hydrogen) atoms. The van der Waals surface area contributed by atoms with Crippen LogP contribution in [0.4, 0.5) is 5.82 Å². The molecule has 122 valence electrons. The monoisotopic (exact) mass is 323 g/mol. The van der Waals surface area contributed by atoms with Crippen molar-refractivity contribution in [1.29, 1.82) is 0 Å². The SMILES string of the molecule is Cc1ccc(C)c(-c2nonc2NC(=O)COc2ccccc2)c1. The number of hydrogen-bond donors (Lipinski definition) is 1. The zero-order valence-corrected chi connectivity index (χ0v) is 13.4. The van der Waals surface area contributed by atoms with Crippen LogP contribution in [0.2, 0.25) is 0 Å². The fraction of sp³-hybridized carbons (Fsp3) is 0.167. The minimum atomic E-state index is -0.332. The second-order valence-electron chi connectivity index (χ2n) is 5.43. The Hall–Kier alpha value is -3.15. The third-order valence-corrected chi connectivity index (χ3v) is 3.51. The van der Waals surface area contributed by atoms with Crippen molar-refractivity contribution in [3.8, 4) is 17.0 Å². The molecular weight excluding hydrogens is 306 g/mol. The maximum absolute atomic E-state index is 12.1. The Morgan fingerprint density at radius 2 is 1.92 bits per heavy atom. The van der Waals surface area contributed by atoms with Gasteiger partial charge in [-0.1, -0.05) is 35.9 Å².